The maximum absolute atomic E-state index is 13.1. The Morgan fingerprint density at radius 1 is 1.16 bits per heavy atom. The fraction of sp³-hybridized carbons (Fsp3) is 0.333. The second-order valence-corrected chi connectivity index (χ2v) is 8.35. The average molecular weight is 417 g/mol. The third-order valence-electron chi connectivity index (χ3n) is 5.87. The van der Waals surface area contributed by atoms with Gasteiger partial charge in [-0.25, -0.2) is 9.97 Å². The van der Waals surface area contributed by atoms with Crippen molar-refractivity contribution < 1.29 is 4.79 Å². The van der Waals surface area contributed by atoms with Crippen LogP contribution < -0.4 is 15.5 Å². The lowest BCUT2D eigenvalue weighted by atomic mass is 9.77. The highest BCUT2D eigenvalue weighted by molar-refractivity contribution is 6.05. The van der Waals surface area contributed by atoms with Crippen LogP contribution in [0.15, 0.2) is 55.1 Å². The first-order valence-electron chi connectivity index (χ1n) is 10.6. The molecule has 0 aliphatic carbocycles. The van der Waals surface area contributed by atoms with E-state index in [-0.39, 0.29) is 11.3 Å². The second kappa shape index (κ2) is 8.71. The van der Waals surface area contributed by atoms with Gasteiger partial charge in [0.05, 0.1) is 17.8 Å². The lowest BCUT2D eigenvalue weighted by Crippen LogP contribution is -2.37. The normalized spacial score (nSPS) is 14.6. The van der Waals surface area contributed by atoms with E-state index in [9.17, 15) is 4.79 Å². The second-order valence-electron chi connectivity index (χ2n) is 8.35. The van der Waals surface area contributed by atoms with E-state index in [1.165, 1.54) is 17.6 Å². The molecule has 3 heterocycles. The SMILES string of the molecule is CCN1CCC(C)(C)c2ccc(NC(=O)c3cccnc3CNc3ccncn3)cc21. The molecule has 1 aliphatic heterocycles. The molecule has 0 fully saturated rings. The number of benzene rings is 1. The number of rotatable bonds is 6. The Labute approximate surface area is 183 Å². The molecule has 1 amide bonds. The fourth-order valence-corrected chi connectivity index (χ4v) is 3.99. The van der Waals surface area contributed by atoms with Crippen molar-refractivity contribution in [2.45, 2.75) is 39.2 Å². The average Bonchev–Trinajstić information content (AvgIpc) is 2.78. The molecule has 0 atom stereocenters. The summed E-state index contributed by atoms with van der Waals surface area (Å²) in [5.41, 5.74) is 4.65. The Balaban J connectivity index is 1.54. The smallest absolute Gasteiger partial charge is 0.257 e. The number of hydrogen-bond donors (Lipinski definition) is 2. The molecule has 7 nitrogen and oxygen atoms in total. The molecular weight excluding hydrogens is 388 g/mol. The van der Waals surface area contributed by atoms with Gasteiger partial charge in [-0.2, -0.15) is 0 Å². The molecule has 0 spiro atoms. The van der Waals surface area contributed by atoms with Crippen molar-refractivity contribution >= 4 is 23.1 Å². The van der Waals surface area contributed by atoms with Gasteiger partial charge >= 0.3 is 0 Å². The third-order valence-corrected chi connectivity index (χ3v) is 5.87. The quantitative estimate of drug-likeness (QED) is 0.625. The van der Waals surface area contributed by atoms with E-state index in [1.54, 1.807) is 30.6 Å². The maximum Gasteiger partial charge on any atom is 0.257 e. The van der Waals surface area contributed by atoms with Crippen molar-refractivity contribution in [1.82, 2.24) is 15.0 Å². The molecule has 0 saturated heterocycles. The van der Waals surface area contributed by atoms with Gasteiger partial charge < -0.3 is 15.5 Å². The zero-order valence-corrected chi connectivity index (χ0v) is 18.2. The van der Waals surface area contributed by atoms with Gasteiger partial charge in [-0.3, -0.25) is 9.78 Å². The minimum Gasteiger partial charge on any atom is -0.371 e. The van der Waals surface area contributed by atoms with Gasteiger partial charge in [0.1, 0.15) is 12.1 Å². The Kier molecular flexibility index (Phi) is 5.84. The van der Waals surface area contributed by atoms with E-state index < -0.39 is 0 Å². The van der Waals surface area contributed by atoms with Crippen LogP contribution in [0.25, 0.3) is 0 Å². The van der Waals surface area contributed by atoms with E-state index in [4.69, 9.17) is 0 Å². The number of aromatic nitrogens is 3. The lowest BCUT2D eigenvalue weighted by Gasteiger charge is -2.40. The molecule has 0 bridgehead atoms. The van der Waals surface area contributed by atoms with Crippen LogP contribution in [0.4, 0.5) is 17.2 Å². The maximum atomic E-state index is 13.1. The Bertz CT molecular complexity index is 1070. The summed E-state index contributed by atoms with van der Waals surface area (Å²) in [5.74, 6) is 0.509. The number of amides is 1. The molecule has 2 aromatic heterocycles. The standard InChI is InChI=1S/C24H28N6O/c1-4-30-13-10-24(2,3)19-8-7-17(14-21(19)30)29-23(31)18-6-5-11-26-20(18)15-27-22-9-12-25-16-28-22/h5-9,11-12,14,16H,4,10,13,15H2,1-3H3,(H,29,31)(H,25,27,28). The zero-order chi connectivity index (χ0) is 21.8. The third kappa shape index (κ3) is 4.50. The van der Waals surface area contributed by atoms with Gasteiger partial charge in [0.25, 0.3) is 5.91 Å². The van der Waals surface area contributed by atoms with Crippen LogP contribution >= 0.6 is 0 Å². The van der Waals surface area contributed by atoms with Gasteiger partial charge in [0.15, 0.2) is 0 Å². The number of nitrogens with one attached hydrogen (secondary N) is 2. The Morgan fingerprint density at radius 3 is 2.81 bits per heavy atom. The number of carbonyl (C=O) groups excluding carboxylic acids is 1. The predicted molar refractivity (Wildman–Crippen MR) is 124 cm³/mol. The summed E-state index contributed by atoms with van der Waals surface area (Å²) in [6.07, 6.45) is 5.95. The van der Waals surface area contributed by atoms with Gasteiger partial charge in [0, 0.05) is 36.9 Å². The Morgan fingerprint density at radius 2 is 2.03 bits per heavy atom. The predicted octanol–water partition coefficient (Wildman–Crippen LogP) is 4.24. The van der Waals surface area contributed by atoms with Gasteiger partial charge in [-0.05, 0) is 54.7 Å². The summed E-state index contributed by atoms with van der Waals surface area (Å²) >= 11 is 0. The van der Waals surface area contributed by atoms with Crippen molar-refractivity contribution in [2.24, 2.45) is 0 Å². The highest BCUT2D eigenvalue weighted by Gasteiger charge is 2.30. The number of fused-ring (bicyclic) bond motifs is 1. The minimum absolute atomic E-state index is 0.132. The minimum atomic E-state index is -0.175. The highest BCUT2D eigenvalue weighted by Crippen LogP contribution is 2.40. The number of hydrogen-bond acceptors (Lipinski definition) is 6. The van der Waals surface area contributed by atoms with Crippen LogP contribution in [-0.4, -0.2) is 33.9 Å². The molecule has 31 heavy (non-hydrogen) atoms. The van der Waals surface area contributed by atoms with Crippen molar-refractivity contribution in [3.8, 4) is 0 Å². The molecule has 3 aromatic rings. The number of nitrogens with zero attached hydrogens (tertiary/aromatic N) is 4. The summed E-state index contributed by atoms with van der Waals surface area (Å²) < 4.78 is 0. The number of pyridine rings is 1. The molecule has 2 N–H and O–H groups in total. The van der Waals surface area contributed by atoms with Gasteiger partial charge in [0.2, 0.25) is 0 Å². The van der Waals surface area contributed by atoms with Crippen LogP contribution in [0.2, 0.25) is 0 Å². The number of anilines is 3. The van der Waals surface area contributed by atoms with Crippen LogP contribution in [0.1, 0.15) is 48.8 Å². The van der Waals surface area contributed by atoms with E-state index >= 15 is 0 Å². The van der Waals surface area contributed by atoms with Crippen LogP contribution in [-0.2, 0) is 12.0 Å². The molecular formula is C24H28N6O. The molecule has 7 heteroatoms. The van der Waals surface area contributed by atoms with Crippen LogP contribution in [0.3, 0.4) is 0 Å². The van der Waals surface area contributed by atoms with E-state index in [0.29, 0.717) is 23.6 Å². The molecule has 0 saturated carbocycles. The summed E-state index contributed by atoms with van der Waals surface area (Å²) in [6.45, 7) is 9.09. The topological polar surface area (TPSA) is 83.0 Å². The fourth-order valence-electron chi connectivity index (χ4n) is 3.99. The molecule has 1 aliphatic rings. The molecule has 0 radical (unpaired) electrons. The molecule has 160 valence electrons. The summed E-state index contributed by atoms with van der Waals surface area (Å²) in [7, 11) is 0. The van der Waals surface area contributed by atoms with Crippen molar-refractivity contribution in [3.05, 3.63) is 71.9 Å². The summed E-state index contributed by atoms with van der Waals surface area (Å²) in [6, 6.07) is 11.6. The van der Waals surface area contributed by atoms with Gasteiger partial charge in [-0.1, -0.05) is 19.9 Å². The van der Waals surface area contributed by atoms with Gasteiger partial charge in [-0.15, -0.1) is 0 Å². The van der Waals surface area contributed by atoms with Crippen molar-refractivity contribution in [2.75, 3.05) is 28.6 Å². The largest absolute Gasteiger partial charge is 0.371 e. The zero-order valence-electron chi connectivity index (χ0n) is 18.2. The first-order chi connectivity index (χ1) is 15.0. The first kappa shape index (κ1) is 20.8. The summed E-state index contributed by atoms with van der Waals surface area (Å²) in [5, 5.41) is 6.24. The van der Waals surface area contributed by atoms with Crippen LogP contribution in [0, 0.1) is 0 Å². The van der Waals surface area contributed by atoms with Crippen LogP contribution in [0.5, 0.6) is 0 Å². The summed E-state index contributed by atoms with van der Waals surface area (Å²) in [4.78, 5) is 27.9. The molecule has 0 unspecified atom stereocenters. The molecule has 4 rings (SSSR count). The molecule has 1 aromatic carbocycles. The van der Waals surface area contributed by atoms with E-state index in [1.807, 2.05) is 6.07 Å². The van der Waals surface area contributed by atoms with Crippen molar-refractivity contribution in [1.29, 1.82) is 0 Å². The first-order valence-corrected chi connectivity index (χ1v) is 10.6. The monoisotopic (exact) mass is 416 g/mol. The lowest BCUT2D eigenvalue weighted by molar-refractivity contribution is 0.102. The van der Waals surface area contributed by atoms with E-state index in [0.717, 1.165) is 25.2 Å². The van der Waals surface area contributed by atoms with E-state index in [2.05, 4.69) is 63.4 Å². The van der Waals surface area contributed by atoms with Crippen molar-refractivity contribution in [3.63, 3.8) is 0 Å². The number of carbonyl (C=O) groups is 1. The Hall–Kier alpha value is -3.48. The highest BCUT2D eigenvalue weighted by atomic mass is 16.1.